The van der Waals surface area contributed by atoms with Crippen molar-refractivity contribution < 1.29 is 9.84 Å². The number of aliphatic hydroxyl groups excluding tert-OH is 1. The zero-order valence-electron chi connectivity index (χ0n) is 9.21. The van der Waals surface area contributed by atoms with Crippen LogP contribution in [-0.2, 0) is 4.74 Å². The minimum Gasteiger partial charge on any atom is -0.388 e. The Labute approximate surface area is 85.7 Å². The van der Waals surface area contributed by atoms with Crippen LogP contribution in [-0.4, -0.2) is 23.9 Å². The standard InChI is InChI=1S/C11H19NO2/c1-10(2,14-3)9(13)11(8-12)6-4-5-7-11/h9,13H,4-7H2,1-3H3. The molecule has 1 saturated carbocycles. The van der Waals surface area contributed by atoms with Gasteiger partial charge in [0, 0.05) is 7.11 Å². The Bertz CT molecular complexity index is 236. The molecule has 3 heteroatoms. The Morgan fingerprint density at radius 2 is 1.93 bits per heavy atom. The Balaban J connectivity index is 2.86. The average molecular weight is 197 g/mol. The summed E-state index contributed by atoms with van der Waals surface area (Å²) in [6.45, 7) is 3.66. The number of rotatable bonds is 3. The van der Waals surface area contributed by atoms with Crippen molar-refractivity contribution in [3.05, 3.63) is 0 Å². The molecule has 0 aromatic heterocycles. The number of hydrogen-bond donors (Lipinski definition) is 1. The van der Waals surface area contributed by atoms with E-state index in [0.717, 1.165) is 25.7 Å². The van der Waals surface area contributed by atoms with Gasteiger partial charge in [0.1, 0.15) is 6.10 Å². The van der Waals surface area contributed by atoms with Gasteiger partial charge in [-0.1, -0.05) is 12.8 Å². The van der Waals surface area contributed by atoms with Crippen molar-refractivity contribution in [1.82, 2.24) is 0 Å². The number of ether oxygens (including phenoxy) is 1. The van der Waals surface area contributed by atoms with Gasteiger partial charge in [-0.15, -0.1) is 0 Å². The second-order valence-electron chi connectivity index (χ2n) is 4.69. The summed E-state index contributed by atoms with van der Waals surface area (Å²) >= 11 is 0. The van der Waals surface area contributed by atoms with E-state index in [2.05, 4.69) is 6.07 Å². The van der Waals surface area contributed by atoms with Crippen molar-refractivity contribution in [2.45, 2.75) is 51.2 Å². The smallest absolute Gasteiger partial charge is 0.101 e. The summed E-state index contributed by atoms with van der Waals surface area (Å²) in [4.78, 5) is 0. The second kappa shape index (κ2) is 3.88. The zero-order valence-corrected chi connectivity index (χ0v) is 9.21. The highest BCUT2D eigenvalue weighted by atomic mass is 16.5. The monoisotopic (exact) mass is 197 g/mol. The molecule has 3 nitrogen and oxygen atoms in total. The third-order valence-electron chi connectivity index (χ3n) is 3.43. The first-order chi connectivity index (χ1) is 6.48. The van der Waals surface area contributed by atoms with Gasteiger partial charge in [-0.25, -0.2) is 0 Å². The van der Waals surface area contributed by atoms with Crippen LogP contribution in [0.15, 0.2) is 0 Å². The summed E-state index contributed by atoms with van der Waals surface area (Å²) in [6.07, 6.45) is 2.94. The third-order valence-corrected chi connectivity index (χ3v) is 3.43. The molecule has 1 N–H and O–H groups in total. The zero-order chi connectivity index (χ0) is 10.8. The molecule has 0 spiro atoms. The van der Waals surface area contributed by atoms with Gasteiger partial charge in [0.2, 0.25) is 0 Å². The lowest BCUT2D eigenvalue weighted by Gasteiger charge is -2.37. The normalized spacial score (nSPS) is 23.1. The van der Waals surface area contributed by atoms with E-state index < -0.39 is 17.1 Å². The summed E-state index contributed by atoms with van der Waals surface area (Å²) in [7, 11) is 1.57. The Hall–Kier alpha value is -0.590. The molecular formula is C11H19NO2. The van der Waals surface area contributed by atoms with Gasteiger partial charge in [-0.3, -0.25) is 0 Å². The summed E-state index contributed by atoms with van der Waals surface area (Å²) in [5.41, 5.74) is -1.22. The van der Waals surface area contributed by atoms with E-state index in [1.165, 1.54) is 0 Å². The first kappa shape index (κ1) is 11.5. The predicted molar refractivity (Wildman–Crippen MR) is 53.6 cm³/mol. The van der Waals surface area contributed by atoms with Gasteiger partial charge >= 0.3 is 0 Å². The fraction of sp³-hybridized carbons (Fsp3) is 0.909. The van der Waals surface area contributed by atoms with E-state index in [1.807, 2.05) is 13.8 Å². The maximum absolute atomic E-state index is 10.2. The molecule has 1 rings (SSSR count). The van der Waals surface area contributed by atoms with Crippen molar-refractivity contribution in [3.63, 3.8) is 0 Å². The van der Waals surface area contributed by atoms with Gasteiger partial charge in [0.25, 0.3) is 0 Å². The van der Waals surface area contributed by atoms with E-state index in [0.29, 0.717) is 0 Å². The molecule has 0 saturated heterocycles. The van der Waals surface area contributed by atoms with Gasteiger partial charge in [-0.2, -0.15) is 5.26 Å². The van der Waals surface area contributed by atoms with E-state index >= 15 is 0 Å². The number of nitrogens with zero attached hydrogens (tertiary/aromatic N) is 1. The molecule has 0 heterocycles. The summed E-state index contributed by atoms with van der Waals surface area (Å²) < 4.78 is 5.24. The predicted octanol–water partition coefficient (Wildman–Crippen LogP) is 1.86. The highest BCUT2D eigenvalue weighted by Crippen LogP contribution is 2.44. The van der Waals surface area contributed by atoms with E-state index in [-0.39, 0.29) is 0 Å². The van der Waals surface area contributed by atoms with Crippen LogP contribution in [0, 0.1) is 16.7 Å². The van der Waals surface area contributed by atoms with Crippen molar-refractivity contribution in [2.75, 3.05) is 7.11 Å². The molecule has 1 unspecified atom stereocenters. The molecule has 0 amide bonds. The van der Waals surface area contributed by atoms with Gasteiger partial charge in [0.05, 0.1) is 17.1 Å². The molecule has 0 aromatic rings. The Morgan fingerprint density at radius 3 is 2.29 bits per heavy atom. The molecule has 80 valence electrons. The van der Waals surface area contributed by atoms with E-state index in [1.54, 1.807) is 7.11 Å². The minimum absolute atomic E-state index is 0.584. The van der Waals surface area contributed by atoms with Crippen LogP contribution in [0.2, 0.25) is 0 Å². The first-order valence-corrected chi connectivity index (χ1v) is 5.13. The lowest BCUT2D eigenvalue weighted by molar-refractivity contribution is -0.117. The molecule has 1 aliphatic rings. The SMILES string of the molecule is COC(C)(C)C(O)C1(C#N)CCCC1. The lowest BCUT2D eigenvalue weighted by atomic mass is 9.75. The molecule has 14 heavy (non-hydrogen) atoms. The third kappa shape index (κ3) is 1.77. The van der Waals surface area contributed by atoms with Crippen LogP contribution < -0.4 is 0 Å². The van der Waals surface area contributed by atoms with Gasteiger partial charge in [-0.05, 0) is 26.7 Å². The van der Waals surface area contributed by atoms with Crippen LogP contribution in [0.25, 0.3) is 0 Å². The number of hydrogen-bond acceptors (Lipinski definition) is 3. The highest BCUT2D eigenvalue weighted by Gasteiger charge is 2.48. The van der Waals surface area contributed by atoms with Gasteiger partial charge < -0.3 is 9.84 Å². The Morgan fingerprint density at radius 1 is 1.43 bits per heavy atom. The molecular weight excluding hydrogens is 178 g/mol. The van der Waals surface area contributed by atoms with E-state index in [9.17, 15) is 10.4 Å². The molecule has 1 aliphatic carbocycles. The topological polar surface area (TPSA) is 53.2 Å². The maximum atomic E-state index is 10.2. The fourth-order valence-electron chi connectivity index (χ4n) is 2.23. The fourth-order valence-corrected chi connectivity index (χ4v) is 2.23. The van der Waals surface area contributed by atoms with Crippen molar-refractivity contribution >= 4 is 0 Å². The van der Waals surface area contributed by atoms with Crippen LogP contribution in [0.1, 0.15) is 39.5 Å². The van der Waals surface area contributed by atoms with Crippen LogP contribution in [0.4, 0.5) is 0 Å². The molecule has 1 fully saturated rings. The minimum atomic E-state index is -0.701. The average Bonchev–Trinajstić information content (AvgIpc) is 2.66. The summed E-state index contributed by atoms with van der Waals surface area (Å²) in [5, 5.41) is 19.4. The second-order valence-corrected chi connectivity index (χ2v) is 4.69. The first-order valence-electron chi connectivity index (χ1n) is 5.13. The lowest BCUT2D eigenvalue weighted by Crippen LogP contribution is -2.48. The van der Waals surface area contributed by atoms with Crippen LogP contribution >= 0.6 is 0 Å². The molecule has 0 aliphatic heterocycles. The van der Waals surface area contributed by atoms with Crippen LogP contribution in [0.3, 0.4) is 0 Å². The van der Waals surface area contributed by atoms with Crippen molar-refractivity contribution in [2.24, 2.45) is 5.41 Å². The number of aliphatic hydroxyl groups is 1. The maximum Gasteiger partial charge on any atom is 0.101 e. The van der Waals surface area contributed by atoms with Crippen molar-refractivity contribution in [3.8, 4) is 6.07 Å². The summed E-state index contributed by atoms with van der Waals surface area (Å²) in [5.74, 6) is 0. The van der Waals surface area contributed by atoms with Crippen molar-refractivity contribution in [1.29, 1.82) is 5.26 Å². The molecule has 1 atom stereocenters. The number of nitriles is 1. The van der Waals surface area contributed by atoms with Crippen LogP contribution in [0.5, 0.6) is 0 Å². The highest BCUT2D eigenvalue weighted by molar-refractivity contribution is 5.10. The quantitative estimate of drug-likeness (QED) is 0.751. The van der Waals surface area contributed by atoms with E-state index in [4.69, 9.17) is 4.74 Å². The molecule has 0 radical (unpaired) electrons. The largest absolute Gasteiger partial charge is 0.388 e. The molecule has 0 aromatic carbocycles. The number of methoxy groups -OCH3 is 1. The summed E-state index contributed by atoms with van der Waals surface area (Å²) in [6, 6.07) is 2.29. The molecule has 0 bridgehead atoms. The van der Waals surface area contributed by atoms with Gasteiger partial charge in [0.15, 0.2) is 0 Å². The Kier molecular flexibility index (Phi) is 3.18.